The van der Waals surface area contributed by atoms with Crippen LogP contribution in [0.1, 0.15) is 28.8 Å². The molecule has 6 heteroatoms. The minimum Gasteiger partial charge on any atom is -0.341 e. The average Bonchev–Trinajstić information content (AvgIpc) is 2.47. The van der Waals surface area contributed by atoms with Gasteiger partial charge in [0.2, 0.25) is 0 Å². The van der Waals surface area contributed by atoms with Gasteiger partial charge in [-0.05, 0) is 50.4 Å². The summed E-state index contributed by atoms with van der Waals surface area (Å²) in [4.78, 5) is 24.7. The summed E-state index contributed by atoms with van der Waals surface area (Å²) in [6.45, 7) is 4.37. The molecule has 1 saturated heterocycles. The standard InChI is InChI=1S/C15H21N3O3/c1-11-5-6-14(18(20)21)13(8-11)15(19)17(2)10-12-4-3-7-16-9-12/h5-6,8,12,16H,3-4,7,9-10H2,1-2H3. The van der Waals surface area contributed by atoms with Crippen LogP contribution >= 0.6 is 0 Å². The van der Waals surface area contributed by atoms with Crippen molar-refractivity contribution in [3.8, 4) is 0 Å². The Morgan fingerprint density at radius 2 is 2.29 bits per heavy atom. The van der Waals surface area contributed by atoms with Crippen LogP contribution in [-0.4, -0.2) is 42.4 Å². The summed E-state index contributed by atoms with van der Waals surface area (Å²) in [6.07, 6.45) is 2.19. The molecule has 21 heavy (non-hydrogen) atoms. The van der Waals surface area contributed by atoms with Gasteiger partial charge >= 0.3 is 0 Å². The van der Waals surface area contributed by atoms with E-state index in [4.69, 9.17) is 0 Å². The monoisotopic (exact) mass is 291 g/mol. The number of carbonyl (C=O) groups excluding carboxylic acids is 1. The number of nitrogens with one attached hydrogen (secondary N) is 1. The second-order valence-electron chi connectivity index (χ2n) is 5.68. The smallest absolute Gasteiger partial charge is 0.282 e. The summed E-state index contributed by atoms with van der Waals surface area (Å²) in [5.41, 5.74) is 0.891. The van der Waals surface area contributed by atoms with Crippen LogP contribution in [-0.2, 0) is 0 Å². The first-order chi connectivity index (χ1) is 9.99. The molecule has 2 rings (SSSR count). The minimum atomic E-state index is -0.497. The summed E-state index contributed by atoms with van der Waals surface area (Å²) < 4.78 is 0. The lowest BCUT2D eigenvalue weighted by molar-refractivity contribution is -0.385. The molecule has 1 amide bonds. The Kier molecular flexibility index (Phi) is 4.90. The third kappa shape index (κ3) is 3.78. The van der Waals surface area contributed by atoms with Gasteiger partial charge in [0.15, 0.2) is 0 Å². The zero-order valence-electron chi connectivity index (χ0n) is 12.5. The normalized spacial score (nSPS) is 18.3. The maximum atomic E-state index is 12.5. The van der Waals surface area contributed by atoms with Crippen LogP contribution in [0.3, 0.4) is 0 Å². The molecule has 0 spiro atoms. The molecule has 6 nitrogen and oxygen atoms in total. The van der Waals surface area contributed by atoms with Gasteiger partial charge in [-0.3, -0.25) is 14.9 Å². The number of piperidine rings is 1. The molecular weight excluding hydrogens is 270 g/mol. The molecule has 1 aromatic carbocycles. The number of rotatable bonds is 4. The maximum absolute atomic E-state index is 12.5. The second kappa shape index (κ2) is 6.67. The van der Waals surface area contributed by atoms with Gasteiger partial charge in [0.05, 0.1) is 4.92 Å². The van der Waals surface area contributed by atoms with E-state index >= 15 is 0 Å². The van der Waals surface area contributed by atoms with Crippen molar-refractivity contribution in [2.24, 2.45) is 5.92 Å². The molecule has 0 saturated carbocycles. The topological polar surface area (TPSA) is 75.5 Å². The average molecular weight is 291 g/mol. The van der Waals surface area contributed by atoms with Gasteiger partial charge in [-0.1, -0.05) is 6.07 Å². The second-order valence-corrected chi connectivity index (χ2v) is 5.68. The number of nitro groups is 1. The summed E-state index contributed by atoms with van der Waals surface area (Å²) in [6, 6.07) is 4.65. The van der Waals surface area contributed by atoms with Gasteiger partial charge in [-0.15, -0.1) is 0 Å². The van der Waals surface area contributed by atoms with Crippen molar-refractivity contribution in [3.05, 3.63) is 39.4 Å². The molecule has 1 heterocycles. The van der Waals surface area contributed by atoms with Gasteiger partial charge in [-0.25, -0.2) is 0 Å². The van der Waals surface area contributed by atoms with Crippen molar-refractivity contribution in [1.82, 2.24) is 10.2 Å². The van der Waals surface area contributed by atoms with Crippen molar-refractivity contribution in [2.45, 2.75) is 19.8 Å². The van der Waals surface area contributed by atoms with Gasteiger partial charge in [0, 0.05) is 19.7 Å². The van der Waals surface area contributed by atoms with E-state index in [-0.39, 0.29) is 17.2 Å². The summed E-state index contributed by atoms with van der Waals surface area (Å²) in [7, 11) is 1.71. The number of nitro benzene ring substituents is 1. The van der Waals surface area contributed by atoms with Gasteiger partial charge in [-0.2, -0.15) is 0 Å². The highest BCUT2D eigenvalue weighted by molar-refractivity contribution is 5.98. The first kappa shape index (κ1) is 15.4. The number of nitrogens with zero attached hydrogens (tertiary/aromatic N) is 2. The first-order valence-electron chi connectivity index (χ1n) is 7.20. The van der Waals surface area contributed by atoms with Crippen LogP contribution in [0.15, 0.2) is 18.2 Å². The first-order valence-corrected chi connectivity index (χ1v) is 7.20. The van der Waals surface area contributed by atoms with Gasteiger partial charge in [0.25, 0.3) is 11.6 Å². The predicted octanol–water partition coefficient (Wildman–Crippen LogP) is 1.97. The molecule has 1 aliphatic rings. The Hall–Kier alpha value is -1.95. The lowest BCUT2D eigenvalue weighted by Crippen LogP contribution is -2.39. The molecule has 1 unspecified atom stereocenters. The lowest BCUT2D eigenvalue weighted by Gasteiger charge is -2.27. The third-order valence-electron chi connectivity index (χ3n) is 3.86. The van der Waals surface area contributed by atoms with Crippen molar-refractivity contribution < 1.29 is 9.72 Å². The van der Waals surface area contributed by atoms with E-state index in [0.29, 0.717) is 12.5 Å². The van der Waals surface area contributed by atoms with Crippen LogP contribution in [0.4, 0.5) is 5.69 Å². The quantitative estimate of drug-likeness (QED) is 0.680. The predicted molar refractivity (Wildman–Crippen MR) is 80.4 cm³/mol. The SMILES string of the molecule is Cc1ccc([N+](=O)[O-])c(C(=O)N(C)CC2CCCNC2)c1. The van der Waals surface area contributed by atoms with E-state index in [2.05, 4.69) is 5.32 Å². The van der Waals surface area contributed by atoms with Gasteiger partial charge in [0.1, 0.15) is 5.56 Å². The number of amides is 1. The fourth-order valence-electron chi connectivity index (χ4n) is 2.74. The van der Waals surface area contributed by atoms with Crippen LogP contribution in [0, 0.1) is 23.0 Å². The summed E-state index contributed by atoms with van der Waals surface area (Å²) in [5.74, 6) is 0.132. The molecule has 0 bridgehead atoms. The number of hydrogen-bond donors (Lipinski definition) is 1. The molecule has 0 aliphatic carbocycles. The Morgan fingerprint density at radius 1 is 1.52 bits per heavy atom. The van der Waals surface area contributed by atoms with E-state index in [0.717, 1.165) is 31.5 Å². The van der Waals surface area contributed by atoms with Crippen molar-refractivity contribution in [1.29, 1.82) is 0 Å². The van der Waals surface area contributed by atoms with Crippen molar-refractivity contribution in [2.75, 3.05) is 26.7 Å². The highest BCUT2D eigenvalue weighted by Crippen LogP contribution is 2.22. The molecule has 1 aromatic rings. The number of hydrogen-bond acceptors (Lipinski definition) is 4. The fourth-order valence-corrected chi connectivity index (χ4v) is 2.74. The van der Waals surface area contributed by atoms with E-state index in [9.17, 15) is 14.9 Å². The molecule has 1 aliphatic heterocycles. The van der Waals surface area contributed by atoms with Gasteiger partial charge < -0.3 is 10.2 Å². The maximum Gasteiger partial charge on any atom is 0.282 e. The molecule has 0 radical (unpaired) electrons. The number of aryl methyl sites for hydroxylation is 1. The molecule has 114 valence electrons. The number of benzene rings is 1. The summed E-state index contributed by atoms with van der Waals surface area (Å²) in [5, 5.41) is 14.4. The minimum absolute atomic E-state index is 0.126. The highest BCUT2D eigenvalue weighted by Gasteiger charge is 2.25. The molecular formula is C15H21N3O3. The zero-order valence-corrected chi connectivity index (χ0v) is 12.5. The lowest BCUT2D eigenvalue weighted by atomic mass is 9.99. The Balaban J connectivity index is 2.14. The zero-order chi connectivity index (χ0) is 15.4. The van der Waals surface area contributed by atoms with Crippen LogP contribution < -0.4 is 5.32 Å². The Labute approximate surface area is 124 Å². The van der Waals surface area contributed by atoms with Crippen LogP contribution in [0.25, 0.3) is 0 Å². The Bertz CT molecular complexity index is 539. The molecule has 1 atom stereocenters. The Morgan fingerprint density at radius 3 is 2.90 bits per heavy atom. The van der Waals surface area contributed by atoms with E-state index in [1.165, 1.54) is 6.07 Å². The third-order valence-corrected chi connectivity index (χ3v) is 3.86. The molecule has 0 aromatic heterocycles. The van der Waals surface area contributed by atoms with E-state index in [1.807, 2.05) is 6.92 Å². The highest BCUT2D eigenvalue weighted by atomic mass is 16.6. The van der Waals surface area contributed by atoms with E-state index < -0.39 is 4.92 Å². The molecule has 1 fully saturated rings. The summed E-state index contributed by atoms with van der Waals surface area (Å²) >= 11 is 0. The van der Waals surface area contributed by atoms with Crippen molar-refractivity contribution >= 4 is 11.6 Å². The van der Waals surface area contributed by atoms with Crippen LogP contribution in [0.5, 0.6) is 0 Å². The number of carbonyl (C=O) groups is 1. The van der Waals surface area contributed by atoms with Crippen molar-refractivity contribution in [3.63, 3.8) is 0 Å². The molecule has 1 N–H and O–H groups in total. The fraction of sp³-hybridized carbons (Fsp3) is 0.533. The van der Waals surface area contributed by atoms with Crippen LogP contribution in [0.2, 0.25) is 0 Å². The largest absolute Gasteiger partial charge is 0.341 e. The van der Waals surface area contributed by atoms with E-state index in [1.54, 1.807) is 24.1 Å².